The van der Waals surface area contributed by atoms with E-state index < -0.39 is 83.5 Å². The molecule has 3 aromatic carbocycles. The fraction of sp³-hybridized carbons (Fsp3) is 0.386. The lowest BCUT2D eigenvalue weighted by atomic mass is 9.82. The van der Waals surface area contributed by atoms with Gasteiger partial charge in [-0.2, -0.15) is 0 Å². The Morgan fingerprint density at radius 3 is 2.03 bits per heavy atom. The lowest BCUT2D eigenvalue weighted by Gasteiger charge is -2.41. The standard InChI is InChI=1S/C44H53F2N5O8/c1-27(2)38(49-43(58)59-26-30-15-11-8-12-16-30)41(55)47-28(3)40(54)48-35(42(56)57)19-20-51(37(53)25-52)39(44(4,5)6)36-21-31(33-22-32(45)17-18-34(33)46)24-50(36)23-29-13-9-7-10-14-29/h7-18,21-22,24,27-28,35,38-39,52H,19-20,23,25-26H2,1-6H3,(H,47,55)(H,48,54)(H,49,58)(H,56,57)/t28-,35-,38?,39-/m0/s1. The van der Waals surface area contributed by atoms with Crippen molar-refractivity contribution in [1.29, 1.82) is 0 Å². The van der Waals surface area contributed by atoms with Gasteiger partial charge in [-0.15, -0.1) is 0 Å². The van der Waals surface area contributed by atoms with Crippen molar-refractivity contribution >= 4 is 29.8 Å². The molecule has 0 radical (unpaired) electrons. The molecule has 4 amide bonds. The highest BCUT2D eigenvalue weighted by atomic mass is 19.1. The summed E-state index contributed by atoms with van der Waals surface area (Å²) in [7, 11) is 0. The van der Waals surface area contributed by atoms with E-state index >= 15 is 4.39 Å². The number of nitrogens with zero attached hydrogens (tertiary/aromatic N) is 2. The van der Waals surface area contributed by atoms with Crippen LogP contribution in [0.1, 0.15) is 70.8 Å². The van der Waals surface area contributed by atoms with E-state index in [0.717, 1.165) is 29.3 Å². The number of carbonyl (C=O) groups is 5. The van der Waals surface area contributed by atoms with Gasteiger partial charge in [0.25, 0.3) is 0 Å². The predicted octanol–water partition coefficient (Wildman–Crippen LogP) is 5.80. The number of carboxylic acids is 1. The summed E-state index contributed by atoms with van der Waals surface area (Å²) in [5.74, 6) is -5.41. The van der Waals surface area contributed by atoms with Crippen molar-refractivity contribution in [2.75, 3.05) is 13.2 Å². The summed E-state index contributed by atoms with van der Waals surface area (Å²) in [5.41, 5.74) is 1.69. The second kappa shape index (κ2) is 20.6. The van der Waals surface area contributed by atoms with Crippen molar-refractivity contribution < 1.29 is 47.7 Å². The van der Waals surface area contributed by atoms with Gasteiger partial charge in [0.2, 0.25) is 17.7 Å². The molecule has 5 N–H and O–H groups in total. The van der Waals surface area contributed by atoms with Gasteiger partial charge in [0.05, 0.1) is 6.04 Å². The summed E-state index contributed by atoms with van der Waals surface area (Å²) >= 11 is 0. The topological polar surface area (TPSA) is 179 Å². The molecular formula is C44H53F2N5O8. The molecule has 4 aromatic rings. The molecular weight excluding hydrogens is 765 g/mol. The number of hydrogen-bond donors (Lipinski definition) is 5. The molecule has 4 atom stereocenters. The summed E-state index contributed by atoms with van der Waals surface area (Å²) in [6, 6.07) is 18.3. The van der Waals surface area contributed by atoms with E-state index in [0.29, 0.717) is 11.3 Å². The molecule has 0 aliphatic rings. The summed E-state index contributed by atoms with van der Waals surface area (Å²) in [6.45, 7) is 9.35. The Balaban J connectivity index is 1.54. The lowest BCUT2D eigenvalue weighted by Crippen LogP contribution is -2.56. The number of benzene rings is 3. The molecule has 15 heteroatoms. The first-order valence-electron chi connectivity index (χ1n) is 19.3. The number of aliphatic hydroxyl groups excluding tert-OH is 1. The zero-order valence-corrected chi connectivity index (χ0v) is 34.1. The Hall–Kier alpha value is -6.09. The molecule has 316 valence electrons. The highest BCUT2D eigenvalue weighted by Gasteiger charge is 2.38. The number of amides is 4. The maximum absolute atomic E-state index is 15.1. The van der Waals surface area contributed by atoms with E-state index in [1.54, 1.807) is 50.4 Å². The van der Waals surface area contributed by atoms with E-state index in [2.05, 4.69) is 16.0 Å². The van der Waals surface area contributed by atoms with Crippen molar-refractivity contribution in [3.8, 4) is 11.1 Å². The van der Waals surface area contributed by atoms with Gasteiger partial charge in [0.15, 0.2) is 0 Å². The van der Waals surface area contributed by atoms with Gasteiger partial charge < -0.3 is 40.4 Å². The quantitative estimate of drug-likeness (QED) is 0.0836. The van der Waals surface area contributed by atoms with Gasteiger partial charge in [-0.25, -0.2) is 18.4 Å². The van der Waals surface area contributed by atoms with Crippen LogP contribution in [0.4, 0.5) is 13.6 Å². The number of aromatic nitrogens is 1. The summed E-state index contributed by atoms with van der Waals surface area (Å²) in [6.07, 6.45) is 0.503. The first-order chi connectivity index (χ1) is 27.9. The summed E-state index contributed by atoms with van der Waals surface area (Å²) in [4.78, 5) is 66.6. The van der Waals surface area contributed by atoms with E-state index in [4.69, 9.17) is 4.74 Å². The first kappa shape index (κ1) is 45.6. The van der Waals surface area contributed by atoms with Crippen LogP contribution in [0.25, 0.3) is 11.1 Å². The average molecular weight is 818 g/mol. The minimum atomic E-state index is -1.54. The van der Waals surface area contributed by atoms with Crippen LogP contribution in [0.5, 0.6) is 0 Å². The average Bonchev–Trinajstić information content (AvgIpc) is 3.59. The Kier molecular flexibility index (Phi) is 15.9. The van der Waals surface area contributed by atoms with Gasteiger partial charge in [-0.3, -0.25) is 14.4 Å². The third kappa shape index (κ3) is 12.7. The second-order valence-corrected chi connectivity index (χ2v) is 15.8. The smallest absolute Gasteiger partial charge is 0.408 e. The normalized spacial score (nSPS) is 13.5. The van der Waals surface area contributed by atoms with Gasteiger partial charge in [-0.1, -0.05) is 95.3 Å². The van der Waals surface area contributed by atoms with Crippen molar-refractivity contribution in [2.24, 2.45) is 11.3 Å². The molecule has 1 unspecified atom stereocenters. The van der Waals surface area contributed by atoms with E-state index in [-0.39, 0.29) is 31.7 Å². The number of rotatable bonds is 18. The molecule has 0 saturated heterocycles. The number of aliphatic carboxylic acids is 1. The molecule has 1 aromatic heterocycles. The number of carboxylic acid groups (broad SMARTS) is 1. The van der Waals surface area contributed by atoms with Gasteiger partial charge >= 0.3 is 12.1 Å². The Bertz CT molecular complexity index is 2070. The van der Waals surface area contributed by atoms with Crippen molar-refractivity contribution in [2.45, 2.75) is 85.3 Å². The van der Waals surface area contributed by atoms with Crippen molar-refractivity contribution in [1.82, 2.24) is 25.4 Å². The van der Waals surface area contributed by atoms with Crippen LogP contribution in [-0.2, 0) is 37.1 Å². The minimum absolute atomic E-state index is 0.000826. The molecule has 1 heterocycles. The predicted molar refractivity (Wildman–Crippen MR) is 216 cm³/mol. The Labute approximate surface area is 342 Å². The molecule has 0 saturated carbocycles. The Morgan fingerprint density at radius 2 is 1.46 bits per heavy atom. The molecule has 0 spiro atoms. The maximum Gasteiger partial charge on any atom is 0.408 e. The van der Waals surface area contributed by atoms with Gasteiger partial charge in [0.1, 0.15) is 43.0 Å². The summed E-state index contributed by atoms with van der Waals surface area (Å²) in [5, 5.41) is 27.8. The number of carbonyl (C=O) groups excluding carboxylic acids is 4. The number of nitrogens with one attached hydrogen (secondary N) is 3. The minimum Gasteiger partial charge on any atom is -0.480 e. The van der Waals surface area contributed by atoms with Crippen molar-refractivity contribution in [3.63, 3.8) is 0 Å². The molecule has 0 aliphatic carbocycles. The van der Waals surface area contributed by atoms with Crippen LogP contribution in [0, 0.1) is 23.0 Å². The SMILES string of the molecule is CC(C)C(NC(=O)OCc1ccccc1)C(=O)N[C@@H](C)C(=O)N[C@@H](CCN(C(=O)CO)[C@@H](c1cc(-c2cc(F)ccc2F)cn1Cc1ccccc1)C(C)(C)C)C(=O)O. The van der Waals surface area contributed by atoms with Crippen LogP contribution in [0.15, 0.2) is 91.1 Å². The van der Waals surface area contributed by atoms with Crippen LogP contribution in [-0.4, -0.2) is 80.7 Å². The van der Waals surface area contributed by atoms with E-state index in [1.807, 2.05) is 61.7 Å². The number of ether oxygens (including phenoxy) is 1. The van der Waals surface area contributed by atoms with E-state index in [9.17, 15) is 38.6 Å². The molecule has 4 rings (SSSR count). The fourth-order valence-electron chi connectivity index (χ4n) is 6.72. The third-order valence-electron chi connectivity index (χ3n) is 9.69. The van der Waals surface area contributed by atoms with E-state index in [1.165, 1.54) is 11.8 Å². The third-order valence-corrected chi connectivity index (χ3v) is 9.69. The fourth-order valence-corrected chi connectivity index (χ4v) is 6.72. The zero-order valence-electron chi connectivity index (χ0n) is 34.1. The highest BCUT2D eigenvalue weighted by molar-refractivity contribution is 5.92. The molecule has 13 nitrogen and oxygen atoms in total. The summed E-state index contributed by atoms with van der Waals surface area (Å²) < 4.78 is 36.5. The zero-order chi connectivity index (χ0) is 43.4. The largest absolute Gasteiger partial charge is 0.480 e. The van der Waals surface area contributed by atoms with Crippen molar-refractivity contribution in [3.05, 3.63) is 120 Å². The Morgan fingerprint density at radius 1 is 0.831 bits per heavy atom. The van der Waals surface area contributed by atoms with Gasteiger partial charge in [-0.05, 0) is 60.1 Å². The van der Waals surface area contributed by atoms with Crippen LogP contribution in [0.2, 0.25) is 0 Å². The molecule has 59 heavy (non-hydrogen) atoms. The lowest BCUT2D eigenvalue weighted by molar-refractivity contribution is -0.144. The number of hydrogen-bond acceptors (Lipinski definition) is 7. The van der Waals surface area contributed by atoms with Gasteiger partial charge in [0, 0.05) is 36.1 Å². The monoisotopic (exact) mass is 817 g/mol. The number of halogens is 2. The molecule has 0 aliphatic heterocycles. The maximum atomic E-state index is 15.1. The second-order valence-electron chi connectivity index (χ2n) is 15.8. The van der Waals surface area contributed by atoms with Crippen LogP contribution >= 0.6 is 0 Å². The van der Waals surface area contributed by atoms with Crippen LogP contribution in [0.3, 0.4) is 0 Å². The highest BCUT2D eigenvalue weighted by Crippen LogP contribution is 2.41. The first-order valence-corrected chi connectivity index (χ1v) is 19.3. The van der Waals surface area contributed by atoms with Crippen LogP contribution < -0.4 is 16.0 Å². The number of alkyl carbamates (subject to hydrolysis) is 1. The molecule has 0 bridgehead atoms. The number of aliphatic hydroxyl groups is 1. The molecule has 0 fully saturated rings.